The zero-order valence-electron chi connectivity index (χ0n) is 16.6. The minimum Gasteiger partial charge on any atom is -0.358 e. The van der Waals surface area contributed by atoms with Crippen LogP contribution in [-0.4, -0.2) is 60.1 Å². The Kier molecular flexibility index (Phi) is 3.97. The van der Waals surface area contributed by atoms with E-state index in [0.29, 0.717) is 12.0 Å². The number of fused-ring (bicyclic) bond motifs is 2. The number of likely N-dealkylation sites (N-methyl/N-ethyl adjacent to an activating group) is 1. The molecule has 3 atom stereocenters. The molecule has 27 heavy (non-hydrogen) atoms. The number of urea groups is 1. The lowest BCUT2D eigenvalue weighted by atomic mass is 9.73. The Hall–Kier alpha value is -2.01. The number of piperidine rings is 1. The van der Waals surface area contributed by atoms with Crippen molar-refractivity contribution in [1.29, 1.82) is 0 Å². The molecule has 1 aromatic carbocycles. The number of aromatic amines is 1. The highest BCUT2D eigenvalue weighted by molar-refractivity contribution is 5.90. The summed E-state index contributed by atoms with van der Waals surface area (Å²) in [4.78, 5) is 20.4. The van der Waals surface area contributed by atoms with Crippen LogP contribution in [0.15, 0.2) is 18.2 Å². The van der Waals surface area contributed by atoms with Crippen LogP contribution < -0.4 is 5.32 Å². The van der Waals surface area contributed by atoms with Gasteiger partial charge in [0.2, 0.25) is 0 Å². The normalized spacial score (nSPS) is 27.4. The van der Waals surface area contributed by atoms with Crippen molar-refractivity contribution in [2.24, 2.45) is 0 Å². The van der Waals surface area contributed by atoms with Gasteiger partial charge in [-0.3, -0.25) is 0 Å². The smallest absolute Gasteiger partial charge is 0.317 e. The van der Waals surface area contributed by atoms with E-state index in [-0.39, 0.29) is 12.1 Å². The number of amides is 2. The van der Waals surface area contributed by atoms with Crippen LogP contribution in [0.5, 0.6) is 0 Å². The first kappa shape index (κ1) is 17.1. The van der Waals surface area contributed by atoms with Gasteiger partial charge in [0.1, 0.15) is 0 Å². The average molecular weight is 367 g/mol. The van der Waals surface area contributed by atoms with Crippen LogP contribution in [0.3, 0.4) is 0 Å². The SMILES string of the molecule is CCN(C)C(=O)NC1CC2c3cccc4[nH]c(C5CC5)c(c34)CC2N(C)C1. The Morgan fingerprint density at radius 2 is 2.19 bits per heavy atom. The quantitative estimate of drug-likeness (QED) is 0.874. The van der Waals surface area contributed by atoms with E-state index in [1.807, 2.05) is 14.0 Å². The van der Waals surface area contributed by atoms with Gasteiger partial charge in [-0.25, -0.2) is 4.79 Å². The predicted octanol–water partition coefficient (Wildman–Crippen LogP) is 3.42. The number of rotatable bonds is 3. The summed E-state index contributed by atoms with van der Waals surface area (Å²) in [7, 11) is 4.09. The van der Waals surface area contributed by atoms with E-state index in [2.05, 4.69) is 40.4 Å². The number of hydrogen-bond donors (Lipinski definition) is 2. The van der Waals surface area contributed by atoms with E-state index in [9.17, 15) is 4.79 Å². The number of nitrogens with one attached hydrogen (secondary N) is 2. The summed E-state index contributed by atoms with van der Waals surface area (Å²) in [6.45, 7) is 3.67. The standard InChI is InChI=1S/C22H30N4O/c1-4-25(2)22(27)23-14-10-16-15-6-5-7-18-20(15)17(11-19(16)26(3)12-14)21(24-18)13-8-9-13/h5-7,13-14,16,19,24H,4,8-12H2,1-3H3,(H,23,27). The topological polar surface area (TPSA) is 51.4 Å². The average Bonchev–Trinajstić information content (AvgIpc) is 3.44. The molecule has 2 N–H and O–H groups in total. The monoisotopic (exact) mass is 366 g/mol. The highest BCUT2D eigenvalue weighted by Crippen LogP contribution is 2.49. The minimum absolute atomic E-state index is 0.0433. The van der Waals surface area contributed by atoms with Gasteiger partial charge < -0.3 is 20.1 Å². The zero-order valence-corrected chi connectivity index (χ0v) is 16.6. The van der Waals surface area contributed by atoms with Gasteiger partial charge in [-0.05, 0) is 62.8 Å². The molecule has 2 aliphatic carbocycles. The second-order valence-electron chi connectivity index (χ2n) is 8.78. The van der Waals surface area contributed by atoms with Crippen molar-refractivity contribution in [3.05, 3.63) is 35.0 Å². The van der Waals surface area contributed by atoms with E-state index < -0.39 is 0 Å². The molecule has 5 nitrogen and oxygen atoms in total. The van der Waals surface area contributed by atoms with E-state index >= 15 is 0 Å². The van der Waals surface area contributed by atoms with E-state index in [1.165, 1.54) is 35.0 Å². The number of hydrogen-bond acceptors (Lipinski definition) is 2. The fourth-order valence-electron chi connectivity index (χ4n) is 5.31. The van der Waals surface area contributed by atoms with Gasteiger partial charge >= 0.3 is 6.03 Å². The lowest BCUT2D eigenvalue weighted by Gasteiger charge is -2.46. The molecular weight excluding hydrogens is 336 g/mol. The summed E-state index contributed by atoms with van der Waals surface area (Å²) in [5.74, 6) is 1.24. The minimum atomic E-state index is 0.0433. The van der Waals surface area contributed by atoms with Crippen LogP contribution in [0.25, 0.3) is 10.9 Å². The third-order valence-corrected chi connectivity index (χ3v) is 7.02. The molecule has 5 heteroatoms. The van der Waals surface area contributed by atoms with E-state index in [4.69, 9.17) is 0 Å². The Morgan fingerprint density at radius 1 is 1.37 bits per heavy atom. The van der Waals surface area contributed by atoms with Gasteiger partial charge in [0.05, 0.1) is 0 Å². The Morgan fingerprint density at radius 3 is 2.93 bits per heavy atom. The second-order valence-corrected chi connectivity index (χ2v) is 8.78. The molecule has 5 rings (SSSR count). The number of carbonyl (C=O) groups excluding carboxylic acids is 1. The molecule has 0 spiro atoms. The van der Waals surface area contributed by atoms with Crippen LogP contribution in [0, 0.1) is 0 Å². The molecule has 0 bridgehead atoms. The molecule has 3 unspecified atom stereocenters. The molecular formula is C22H30N4O. The van der Waals surface area contributed by atoms with Crippen LogP contribution in [0.2, 0.25) is 0 Å². The molecule has 0 radical (unpaired) electrons. The lowest BCUT2D eigenvalue weighted by Crippen LogP contribution is -2.56. The Bertz CT molecular complexity index is 884. The van der Waals surface area contributed by atoms with Crippen LogP contribution >= 0.6 is 0 Å². The van der Waals surface area contributed by atoms with Gasteiger partial charge in [0.15, 0.2) is 0 Å². The number of H-pyrrole nitrogens is 1. The maximum Gasteiger partial charge on any atom is 0.317 e. The number of benzene rings is 1. The molecule has 1 saturated heterocycles. The van der Waals surface area contributed by atoms with Crippen molar-refractivity contribution in [3.63, 3.8) is 0 Å². The van der Waals surface area contributed by atoms with Gasteiger partial charge in [0.25, 0.3) is 0 Å². The summed E-state index contributed by atoms with van der Waals surface area (Å²) in [5.41, 5.74) is 5.87. The number of nitrogens with zero attached hydrogens (tertiary/aromatic N) is 2. The van der Waals surface area contributed by atoms with Crippen molar-refractivity contribution in [2.45, 2.75) is 56.5 Å². The van der Waals surface area contributed by atoms with Gasteiger partial charge in [0, 0.05) is 54.7 Å². The maximum absolute atomic E-state index is 12.4. The van der Waals surface area contributed by atoms with Crippen LogP contribution in [0.1, 0.15) is 54.8 Å². The molecule has 2 fully saturated rings. The third kappa shape index (κ3) is 2.75. The molecule has 2 amide bonds. The molecule has 2 aromatic rings. The highest BCUT2D eigenvalue weighted by Gasteiger charge is 2.42. The zero-order chi connectivity index (χ0) is 18.7. The first-order chi connectivity index (χ1) is 13.1. The van der Waals surface area contributed by atoms with E-state index in [1.54, 1.807) is 10.5 Å². The van der Waals surface area contributed by atoms with Crippen molar-refractivity contribution < 1.29 is 4.79 Å². The van der Waals surface area contributed by atoms with Crippen LogP contribution in [0.4, 0.5) is 4.79 Å². The van der Waals surface area contributed by atoms with Gasteiger partial charge in [-0.2, -0.15) is 0 Å². The van der Waals surface area contributed by atoms with Crippen molar-refractivity contribution in [1.82, 2.24) is 20.1 Å². The first-order valence-corrected chi connectivity index (χ1v) is 10.4. The number of aromatic nitrogens is 1. The molecule has 3 aliphatic rings. The van der Waals surface area contributed by atoms with Gasteiger partial charge in [-0.15, -0.1) is 0 Å². The third-order valence-electron chi connectivity index (χ3n) is 7.02. The largest absolute Gasteiger partial charge is 0.358 e. The molecule has 144 valence electrons. The molecule has 1 aromatic heterocycles. The Labute approximate surface area is 161 Å². The van der Waals surface area contributed by atoms with E-state index in [0.717, 1.165) is 31.8 Å². The van der Waals surface area contributed by atoms with Crippen molar-refractivity contribution in [2.75, 3.05) is 27.2 Å². The summed E-state index contributed by atoms with van der Waals surface area (Å²) in [5, 5.41) is 4.74. The van der Waals surface area contributed by atoms with Crippen molar-refractivity contribution >= 4 is 16.9 Å². The maximum atomic E-state index is 12.4. The summed E-state index contributed by atoms with van der Waals surface area (Å²) >= 11 is 0. The summed E-state index contributed by atoms with van der Waals surface area (Å²) in [6, 6.07) is 7.54. The fourth-order valence-corrected chi connectivity index (χ4v) is 5.31. The number of carbonyl (C=O) groups is 1. The van der Waals surface area contributed by atoms with Crippen molar-refractivity contribution in [3.8, 4) is 0 Å². The summed E-state index contributed by atoms with van der Waals surface area (Å²) in [6.07, 6.45) is 4.83. The van der Waals surface area contributed by atoms with Gasteiger partial charge in [-0.1, -0.05) is 12.1 Å². The predicted molar refractivity (Wildman–Crippen MR) is 108 cm³/mol. The Balaban J connectivity index is 1.49. The summed E-state index contributed by atoms with van der Waals surface area (Å²) < 4.78 is 0. The highest BCUT2D eigenvalue weighted by atomic mass is 16.2. The second kappa shape index (κ2) is 6.26. The van der Waals surface area contributed by atoms with Crippen LogP contribution in [-0.2, 0) is 6.42 Å². The molecule has 1 saturated carbocycles. The number of likely N-dealkylation sites (tertiary alicyclic amines) is 1. The lowest BCUT2D eigenvalue weighted by molar-refractivity contribution is 0.125. The first-order valence-electron chi connectivity index (χ1n) is 10.4. The molecule has 2 heterocycles. The molecule has 1 aliphatic heterocycles. The fraction of sp³-hybridized carbons (Fsp3) is 0.591.